The Hall–Kier alpha value is -4.04. The Morgan fingerprint density at radius 1 is 0.902 bits per heavy atom. The molecule has 1 unspecified atom stereocenters. The molecule has 0 aliphatic carbocycles. The molecule has 2 amide bonds. The molecule has 1 atom stereocenters. The third-order valence-corrected chi connectivity index (χ3v) is 7.95. The van der Waals surface area contributed by atoms with E-state index in [4.69, 9.17) is 14.2 Å². The summed E-state index contributed by atoms with van der Waals surface area (Å²) in [5.74, 6) is 1.18. The Morgan fingerprint density at radius 3 is 2.29 bits per heavy atom. The molecule has 8 heteroatoms. The number of ether oxygens (including phenoxy) is 3. The highest BCUT2D eigenvalue weighted by atomic mass is 16.5. The van der Waals surface area contributed by atoms with Gasteiger partial charge in [-0.2, -0.15) is 0 Å². The first-order chi connectivity index (χ1) is 20.0. The third-order valence-electron chi connectivity index (χ3n) is 7.95. The average Bonchev–Trinajstić information content (AvgIpc) is 3.54. The first-order valence-corrected chi connectivity index (χ1v) is 14.4. The lowest BCUT2D eigenvalue weighted by molar-refractivity contribution is 0.0858. The maximum Gasteiger partial charge on any atom is 0.255 e. The van der Waals surface area contributed by atoms with Gasteiger partial charge in [0.1, 0.15) is 11.5 Å². The number of piperidine rings is 1. The van der Waals surface area contributed by atoms with Crippen molar-refractivity contribution in [2.75, 3.05) is 50.7 Å². The summed E-state index contributed by atoms with van der Waals surface area (Å²) in [5, 5.41) is 6.01. The number of amides is 2. The van der Waals surface area contributed by atoms with E-state index in [0.717, 1.165) is 57.5 Å². The topological polar surface area (TPSA) is 89.1 Å². The van der Waals surface area contributed by atoms with Gasteiger partial charge in [0.15, 0.2) is 0 Å². The van der Waals surface area contributed by atoms with E-state index in [-0.39, 0.29) is 17.9 Å². The minimum absolute atomic E-state index is 0.0436. The number of nitrogens with zero attached hydrogens (tertiary/aromatic N) is 1. The second-order valence-corrected chi connectivity index (χ2v) is 10.8. The predicted octanol–water partition coefficient (Wildman–Crippen LogP) is 5.32. The Morgan fingerprint density at radius 2 is 1.63 bits per heavy atom. The van der Waals surface area contributed by atoms with E-state index in [1.807, 2.05) is 12.1 Å². The molecule has 2 fully saturated rings. The zero-order valence-corrected chi connectivity index (χ0v) is 23.9. The Labute approximate surface area is 242 Å². The van der Waals surface area contributed by atoms with Crippen LogP contribution in [0, 0.1) is 5.92 Å². The lowest BCUT2D eigenvalue weighted by atomic mass is 9.89. The molecule has 3 aromatic carbocycles. The number of hydrogen-bond acceptors (Lipinski definition) is 6. The van der Waals surface area contributed by atoms with Crippen molar-refractivity contribution in [1.82, 2.24) is 5.32 Å². The van der Waals surface area contributed by atoms with Crippen LogP contribution in [-0.4, -0.2) is 58.4 Å². The highest BCUT2D eigenvalue weighted by Gasteiger charge is 2.25. The Balaban J connectivity index is 1.32. The summed E-state index contributed by atoms with van der Waals surface area (Å²) in [6, 6.07) is 21.2. The van der Waals surface area contributed by atoms with Gasteiger partial charge >= 0.3 is 0 Å². The molecule has 8 nitrogen and oxygen atoms in total. The fourth-order valence-corrected chi connectivity index (χ4v) is 5.65. The van der Waals surface area contributed by atoms with Gasteiger partial charge in [-0.1, -0.05) is 30.3 Å². The first kappa shape index (κ1) is 28.5. The SMILES string of the molecule is COc1cc(OC)cc(C(=O)Nc2ccc(N3CCC(Cc4ccccc4)CC3)c(C(=O)NCC3CCCO3)c2)c1. The van der Waals surface area contributed by atoms with Crippen LogP contribution in [0.4, 0.5) is 11.4 Å². The van der Waals surface area contributed by atoms with Gasteiger partial charge in [-0.05, 0) is 73.9 Å². The number of rotatable bonds is 10. The third kappa shape index (κ3) is 7.38. The summed E-state index contributed by atoms with van der Waals surface area (Å²) in [5.41, 5.74) is 3.74. The van der Waals surface area contributed by atoms with Crippen molar-refractivity contribution in [3.8, 4) is 11.5 Å². The molecule has 216 valence electrons. The van der Waals surface area contributed by atoms with E-state index < -0.39 is 0 Å². The van der Waals surface area contributed by atoms with Crippen LogP contribution in [0.15, 0.2) is 66.7 Å². The van der Waals surface area contributed by atoms with E-state index in [1.165, 1.54) is 5.56 Å². The van der Waals surface area contributed by atoms with Crippen molar-refractivity contribution in [3.05, 3.63) is 83.4 Å². The summed E-state index contributed by atoms with van der Waals surface area (Å²) in [7, 11) is 3.09. The van der Waals surface area contributed by atoms with Crippen molar-refractivity contribution in [3.63, 3.8) is 0 Å². The van der Waals surface area contributed by atoms with E-state index in [1.54, 1.807) is 38.5 Å². The molecule has 2 heterocycles. The average molecular weight is 558 g/mol. The zero-order chi connectivity index (χ0) is 28.6. The molecule has 0 saturated carbocycles. The Bertz CT molecular complexity index is 1310. The zero-order valence-electron chi connectivity index (χ0n) is 23.9. The van der Waals surface area contributed by atoms with Crippen LogP contribution in [0.3, 0.4) is 0 Å². The van der Waals surface area contributed by atoms with Crippen LogP contribution >= 0.6 is 0 Å². The van der Waals surface area contributed by atoms with Crippen LogP contribution in [-0.2, 0) is 11.2 Å². The smallest absolute Gasteiger partial charge is 0.255 e. The van der Waals surface area contributed by atoms with Gasteiger partial charge in [-0.25, -0.2) is 0 Å². The quantitative estimate of drug-likeness (QED) is 0.351. The minimum Gasteiger partial charge on any atom is -0.497 e. The van der Waals surface area contributed by atoms with E-state index in [9.17, 15) is 9.59 Å². The van der Waals surface area contributed by atoms with Crippen LogP contribution in [0.2, 0.25) is 0 Å². The molecule has 2 N–H and O–H groups in total. The molecule has 2 saturated heterocycles. The van der Waals surface area contributed by atoms with Crippen molar-refractivity contribution < 1.29 is 23.8 Å². The molecular weight excluding hydrogens is 518 g/mol. The van der Waals surface area contributed by atoms with Gasteiger partial charge in [0, 0.05) is 49.2 Å². The summed E-state index contributed by atoms with van der Waals surface area (Å²) >= 11 is 0. The summed E-state index contributed by atoms with van der Waals surface area (Å²) in [6.45, 7) is 2.95. The minimum atomic E-state index is -0.317. The largest absolute Gasteiger partial charge is 0.497 e. The number of methoxy groups -OCH3 is 2. The van der Waals surface area contributed by atoms with Gasteiger partial charge in [0.2, 0.25) is 0 Å². The fourth-order valence-electron chi connectivity index (χ4n) is 5.65. The summed E-state index contributed by atoms with van der Waals surface area (Å²) < 4.78 is 16.3. The molecule has 3 aromatic rings. The molecular formula is C33H39N3O5. The number of carbonyl (C=O) groups is 2. The highest BCUT2D eigenvalue weighted by molar-refractivity contribution is 6.06. The van der Waals surface area contributed by atoms with Crippen LogP contribution in [0.25, 0.3) is 0 Å². The van der Waals surface area contributed by atoms with Crippen LogP contribution < -0.4 is 25.0 Å². The molecule has 0 radical (unpaired) electrons. The molecule has 0 spiro atoms. The van der Waals surface area contributed by atoms with Gasteiger partial charge in [-0.15, -0.1) is 0 Å². The van der Waals surface area contributed by atoms with E-state index >= 15 is 0 Å². The number of carbonyl (C=O) groups excluding carboxylic acids is 2. The lowest BCUT2D eigenvalue weighted by Crippen LogP contribution is -2.37. The predicted molar refractivity (Wildman–Crippen MR) is 160 cm³/mol. The van der Waals surface area contributed by atoms with E-state index in [0.29, 0.717) is 40.8 Å². The molecule has 41 heavy (non-hydrogen) atoms. The monoisotopic (exact) mass is 557 g/mol. The van der Waals surface area contributed by atoms with Crippen molar-refractivity contribution in [2.24, 2.45) is 5.92 Å². The molecule has 2 aliphatic heterocycles. The summed E-state index contributed by atoms with van der Waals surface area (Å²) in [6.07, 6.45) is 5.19. The maximum atomic E-state index is 13.5. The first-order valence-electron chi connectivity index (χ1n) is 14.4. The number of hydrogen-bond donors (Lipinski definition) is 2. The maximum absolute atomic E-state index is 13.5. The van der Waals surface area contributed by atoms with Gasteiger partial charge in [-0.3, -0.25) is 9.59 Å². The second-order valence-electron chi connectivity index (χ2n) is 10.8. The molecule has 0 bridgehead atoms. The number of nitrogens with one attached hydrogen (secondary N) is 2. The molecule has 5 rings (SSSR count). The lowest BCUT2D eigenvalue weighted by Gasteiger charge is -2.35. The number of benzene rings is 3. The van der Waals surface area contributed by atoms with Crippen LogP contribution in [0.1, 0.15) is 52.0 Å². The number of anilines is 2. The second kappa shape index (κ2) is 13.5. The summed E-state index contributed by atoms with van der Waals surface area (Å²) in [4.78, 5) is 29.0. The van der Waals surface area contributed by atoms with Crippen molar-refractivity contribution in [2.45, 2.75) is 38.2 Å². The van der Waals surface area contributed by atoms with Gasteiger partial charge in [0.25, 0.3) is 11.8 Å². The van der Waals surface area contributed by atoms with Gasteiger partial charge < -0.3 is 29.7 Å². The van der Waals surface area contributed by atoms with Crippen molar-refractivity contribution in [1.29, 1.82) is 0 Å². The highest BCUT2D eigenvalue weighted by Crippen LogP contribution is 2.31. The standard InChI is InChI=1S/C33H39N3O5/c1-39-28-18-25(19-29(21-28)40-2)32(37)35-26-10-11-31(30(20-26)33(38)34-22-27-9-6-16-41-27)36-14-12-24(13-15-36)17-23-7-4-3-5-8-23/h3-5,7-8,10-11,18-21,24,27H,6,9,12-17,22H2,1-2H3,(H,34,38)(H,35,37). The Kier molecular flexibility index (Phi) is 9.41. The molecule has 0 aromatic heterocycles. The molecule has 2 aliphatic rings. The van der Waals surface area contributed by atoms with E-state index in [2.05, 4.69) is 45.9 Å². The van der Waals surface area contributed by atoms with Gasteiger partial charge in [0.05, 0.1) is 25.9 Å². The van der Waals surface area contributed by atoms with Crippen LogP contribution in [0.5, 0.6) is 11.5 Å². The fraction of sp³-hybridized carbons (Fsp3) is 0.394. The van der Waals surface area contributed by atoms with Crippen molar-refractivity contribution >= 4 is 23.2 Å². The normalized spacial score (nSPS) is 17.2.